The number of hydrogen-bond donors (Lipinski definition) is 0. The summed E-state index contributed by atoms with van der Waals surface area (Å²) in [4.78, 5) is 31.8. The summed E-state index contributed by atoms with van der Waals surface area (Å²) >= 11 is 0. The van der Waals surface area contributed by atoms with Gasteiger partial charge in [0.25, 0.3) is 0 Å². The van der Waals surface area contributed by atoms with Crippen molar-refractivity contribution in [1.82, 2.24) is 14.7 Å². The summed E-state index contributed by atoms with van der Waals surface area (Å²) in [6, 6.07) is 0.770. The third-order valence-electron chi connectivity index (χ3n) is 6.55. The molecule has 0 atom stereocenters. The lowest BCUT2D eigenvalue weighted by atomic mass is 9.91. The Bertz CT molecular complexity index is 496. The topological polar surface area (TPSA) is 53.1 Å². The molecule has 25 heavy (non-hydrogen) atoms. The van der Waals surface area contributed by atoms with Gasteiger partial charge in [0, 0.05) is 64.4 Å². The minimum atomic E-state index is 0.0269. The first kappa shape index (κ1) is 17.3. The van der Waals surface area contributed by atoms with E-state index in [1.807, 2.05) is 4.90 Å². The highest BCUT2D eigenvalue weighted by Gasteiger charge is 2.40. The lowest BCUT2D eigenvalue weighted by Gasteiger charge is -2.42. The predicted octanol–water partition coefficient (Wildman–Crippen LogP) is 0.958. The van der Waals surface area contributed by atoms with E-state index in [9.17, 15) is 9.59 Å². The molecule has 1 aliphatic carbocycles. The molecule has 3 aliphatic heterocycles. The van der Waals surface area contributed by atoms with Crippen LogP contribution in [0.2, 0.25) is 0 Å². The molecule has 4 rings (SSSR count). The van der Waals surface area contributed by atoms with Crippen molar-refractivity contribution in [2.45, 2.75) is 44.6 Å². The molecule has 0 radical (unpaired) electrons. The molecule has 140 valence electrons. The highest BCUT2D eigenvalue weighted by Crippen LogP contribution is 2.27. The van der Waals surface area contributed by atoms with Gasteiger partial charge in [-0.05, 0) is 32.1 Å². The van der Waals surface area contributed by atoms with Crippen molar-refractivity contribution < 1.29 is 14.3 Å². The molecule has 1 saturated carbocycles. The minimum Gasteiger partial charge on any atom is -0.381 e. The van der Waals surface area contributed by atoms with Crippen LogP contribution in [0, 0.1) is 11.8 Å². The number of amides is 2. The summed E-state index contributed by atoms with van der Waals surface area (Å²) in [6.45, 7) is 6.53. The van der Waals surface area contributed by atoms with E-state index in [0.717, 1.165) is 51.5 Å². The van der Waals surface area contributed by atoms with Gasteiger partial charge in [0.15, 0.2) is 0 Å². The zero-order valence-corrected chi connectivity index (χ0v) is 15.2. The fraction of sp³-hybridized carbons (Fsp3) is 0.895. The van der Waals surface area contributed by atoms with Gasteiger partial charge in [0.1, 0.15) is 0 Å². The van der Waals surface area contributed by atoms with Crippen LogP contribution in [0.25, 0.3) is 0 Å². The van der Waals surface area contributed by atoms with Crippen molar-refractivity contribution in [2.75, 3.05) is 52.5 Å². The molecule has 3 heterocycles. The molecule has 0 bridgehead atoms. The van der Waals surface area contributed by atoms with E-state index in [0.29, 0.717) is 26.3 Å². The Hall–Kier alpha value is -1.14. The molecular formula is C19H31N3O3. The molecule has 6 heteroatoms. The number of carbonyl (C=O) groups excluding carboxylic acids is 2. The molecule has 0 N–H and O–H groups in total. The molecule has 0 unspecified atom stereocenters. The smallest absolute Gasteiger partial charge is 0.229 e. The van der Waals surface area contributed by atoms with E-state index in [1.165, 1.54) is 19.3 Å². The Morgan fingerprint density at radius 3 is 2.12 bits per heavy atom. The van der Waals surface area contributed by atoms with Gasteiger partial charge in [-0.25, -0.2) is 0 Å². The first-order valence-corrected chi connectivity index (χ1v) is 10.1. The molecule has 6 nitrogen and oxygen atoms in total. The molecule has 4 fully saturated rings. The summed E-state index contributed by atoms with van der Waals surface area (Å²) in [5.41, 5.74) is 0. The van der Waals surface area contributed by atoms with Crippen molar-refractivity contribution in [3.8, 4) is 0 Å². The van der Waals surface area contributed by atoms with Gasteiger partial charge in [-0.3, -0.25) is 14.5 Å². The monoisotopic (exact) mass is 349 g/mol. The van der Waals surface area contributed by atoms with E-state index >= 15 is 0 Å². The van der Waals surface area contributed by atoms with Crippen LogP contribution in [0.3, 0.4) is 0 Å². The Kier molecular flexibility index (Phi) is 5.27. The van der Waals surface area contributed by atoms with Gasteiger partial charge < -0.3 is 14.5 Å². The lowest BCUT2D eigenvalue weighted by Crippen LogP contribution is -2.58. The van der Waals surface area contributed by atoms with E-state index < -0.39 is 0 Å². The number of carbonyl (C=O) groups is 2. The van der Waals surface area contributed by atoms with Crippen LogP contribution in [0.15, 0.2) is 0 Å². The highest BCUT2D eigenvalue weighted by molar-refractivity contribution is 5.85. The molecule has 0 spiro atoms. The standard InChI is InChI=1S/C19H31N3O3/c23-18(15-5-11-25-12-6-15)22-13-16(14-22)19(24)21-8-2-7-20(9-10-21)17-3-1-4-17/h15-17H,1-14H2. The fourth-order valence-electron chi connectivity index (χ4n) is 4.55. The molecule has 4 aliphatic rings. The van der Waals surface area contributed by atoms with Crippen LogP contribution >= 0.6 is 0 Å². The van der Waals surface area contributed by atoms with Gasteiger partial charge >= 0.3 is 0 Å². The van der Waals surface area contributed by atoms with E-state index in [4.69, 9.17) is 4.74 Å². The summed E-state index contributed by atoms with van der Waals surface area (Å²) < 4.78 is 5.33. The van der Waals surface area contributed by atoms with Crippen LogP contribution in [0.5, 0.6) is 0 Å². The molecule has 3 saturated heterocycles. The average Bonchev–Trinajstić information content (AvgIpc) is 2.78. The quantitative estimate of drug-likeness (QED) is 0.762. The number of rotatable bonds is 3. The Morgan fingerprint density at radius 2 is 1.44 bits per heavy atom. The third-order valence-corrected chi connectivity index (χ3v) is 6.55. The summed E-state index contributed by atoms with van der Waals surface area (Å²) in [7, 11) is 0. The summed E-state index contributed by atoms with van der Waals surface area (Å²) in [6.07, 6.45) is 6.77. The zero-order chi connectivity index (χ0) is 17.2. The van der Waals surface area contributed by atoms with Crippen LogP contribution in [-0.4, -0.2) is 85.0 Å². The average molecular weight is 349 g/mol. The largest absolute Gasteiger partial charge is 0.381 e. The van der Waals surface area contributed by atoms with Crippen LogP contribution < -0.4 is 0 Å². The van der Waals surface area contributed by atoms with Crippen LogP contribution in [0.4, 0.5) is 0 Å². The van der Waals surface area contributed by atoms with Crippen molar-refractivity contribution in [1.29, 1.82) is 0 Å². The van der Waals surface area contributed by atoms with E-state index in [1.54, 1.807) is 0 Å². The third kappa shape index (κ3) is 3.70. The predicted molar refractivity (Wildman–Crippen MR) is 94.0 cm³/mol. The fourth-order valence-corrected chi connectivity index (χ4v) is 4.55. The van der Waals surface area contributed by atoms with Crippen LogP contribution in [-0.2, 0) is 14.3 Å². The number of likely N-dealkylation sites (tertiary alicyclic amines) is 1. The summed E-state index contributed by atoms with van der Waals surface area (Å²) in [5.74, 6) is 0.643. The Balaban J connectivity index is 1.23. The maximum Gasteiger partial charge on any atom is 0.229 e. The molecule has 0 aromatic heterocycles. The van der Waals surface area contributed by atoms with Gasteiger partial charge in [0.05, 0.1) is 5.92 Å². The second-order valence-electron chi connectivity index (χ2n) is 8.13. The maximum absolute atomic E-state index is 12.8. The SMILES string of the molecule is O=C(C1CN(C(=O)C2CCOCC2)C1)N1CCCN(C2CCC2)CC1. The van der Waals surface area contributed by atoms with Crippen molar-refractivity contribution in [3.05, 3.63) is 0 Å². The van der Waals surface area contributed by atoms with Gasteiger partial charge in [-0.15, -0.1) is 0 Å². The lowest BCUT2D eigenvalue weighted by molar-refractivity contribution is -0.152. The van der Waals surface area contributed by atoms with E-state index in [-0.39, 0.29) is 23.7 Å². The Labute approximate surface area is 150 Å². The normalized spacial score (nSPS) is 27.5. The van der Waals surface area contributed by atoms with Gasteiger partial charge in [-0.2, -0.15) is 0 Å². The molecule has 0 aromatic carbocycles. The molecule has 0 aromatic rings. The highest BCUT2D eigenvalue weighted by atomic mass is 16.5. The second kappa shape index (κ2) is 7.62. The first-order valence-electron chi connectivity index (χ1n) is 10.1. The van der Waals surface area contributed by atoms with Crippen molar-refractivity contribution in [2.24, 2.45) is 11.8 Å². The van der Waals surface area contributed by atoms with Crippen molar-refractivity contribution in [3.63, 3.8) is 0 Å². The number of ether oxygens (including phenoxy) is 1. The zero-order valence-electron chi connectivity index (χ0n) is 15.2. The van der Waals surface area contributed by atoms with E-state index in [2.05, 4.69) is 9.80 Å². The van der Waals surface area contributed by atoms with Gasteiger partial charge in [0.2, 0.25) is 11.8 Å². The number of hydrogen-bond acceptors (Lipinski definition) is 4. The van der Waals surface area contributed by atoms with Crippen molar-refractivity contribution >= 4 is 11.8 Å². The molecule has 2 amide bonds. The Morgan fingerprint density at radius 1 is 0.720 bits per heavy atom. The minimum absolute atomic E-state index is 0.0269. The van der Waals surface area contributed by atoms with Gasteiger partial charge in [-0.1, -0.05) is 6.42 Å². The second-order valence-corrected chi connectivity index (χ2v) is 8.13. The maximum atomic E-state index is 12.8. The van der Waals surface area contributed by atoms with Crippen LogP contribution in [0.1, 0.15) is 38.5 Å². The summed E-state index contributed by atoms with van der Waals surface area (Å²) in [5, 5.41) is 0. The number of nitrogens with zero attached hydrogens (tertiary/aromatic N) is 3. The first-order chi connectivity index (χ1) is 12.2. The molecular weight excluding hydrogens is 318 g/mol.